The lowest BCUT2D eigenvalue weighted by atomic mass is 10.3. The van der Waals surface area contributed by atoms with Crippen molar-refractivity contribution in [1.82, 2.24) is 0 Å². The third kappa shape index (κ3) is 1.44. The van der Waals surface area contributed by atoms with E-state index >= 15 is 0 Å². The van der Waals surface area contributed by atoms with Gasteiger partial charge in [0.15, 0.2) is 0 Å². The molecule has 0 unspecified atom stereocenters. The molecule has 0 spiro atoms. The smallest absolute Gasteiger partial charge is 0.134 e. The van der Waals surface area contributed by atoms with Crippen molar-refractivity contribution < 1.29 is 10.2 Å². The fraction of sp³-hybridized carbons (Fsp3) is 0. The fourth-order valence-electron chi connectivity index (χ4n) is 0.561. The Morgan fingerprint density at radius 1 is 1.10 bits per heavy atom. The zero-order chi connectivity index (χ0) is 7.72. The second kappa shape index (κ2) is 2.80. The van der Waals surface area contributed by atoms with Gasteiger partial charge in [-0.05, 0) is 37.9 Å². The largest absolute Gasteiger partial charge is 0.508 e. The molecule has 1 aromatic rings. The molecule has 0 heterocycles. The summed E-state index contributed by atoms with van der Waals surface area (Å²) in [6.07, 6.45) is 0. The van der Waals surface area contributed by atoms with Gasteiger partial charge in [-0.25, -0.2) is 0 Å². The minimum absolute atomic E-state index is 0.0203. The zero-order valence-electron chi connectivity index (χ0n) is 4.81. The summed E-state index contributed by atoms with van der Waals surface area (Å²) in [5.74, 6) is 0.0550. The molecular weight excluding hydrogens is 264 g/mol. The first-order chi connectivity index (χ1) is 4.61. The number of phenols is 2. The van der Waals surface area contributed by atoms with E-state index in [-0.39, 0.29) is 11.5 Å². The fourth-order valence-corrected chi connectivity index (χ4v) is 1.23. The van der Waals surface area contributed by atoms with Crippen molar-refractivity contribution in [3.05, 3.63) is 21.1 Å². The Kier molecular flexibility index (Phi) is 2.21. The summed E-state index contributed by atoms with van der Waals surface area (Å²) in [5, 5.41) is 18.0. The maximum atomic E-state index is 9.04. The first-order valence-electron chi connectivity index (χ1n) is 2.48. The van der Waals surface area contributed by atoms with E-state index in [4.69, 9.17) is 10.2 Å². The van der Waals surface area contributed by atoms with Gasteiger partial charge in [-0.1, -0.05) is 0 Å². The Morgan fingerprint density at radius 3 is 2.20 bits per heavy atom. The van der Waals surface area contributed by atoms with E-state index < -0.39 is 0 Å². The summed E-state index contributed by atoms with van der Waals surface area (Å²) in [5.41, 5.74) is 0. The summed E-state index contributed by atoms with van der Waals surface area (Å²) < 4.78 is 1.18. The Hall–Kier alpha value is -0.220. The van der Waals surface area contributed by atoms with E-state index in [0.29, 0.717) is 8.95 Å². The van der Waals surface area contributed by atoms with Crippen LogP contribution >= 0.6 is 31.9 Å². The van der Waals surface area contributed by atoms with Crippen LogP contribution < -0.4 is 0 Å². The maximum Gasteiger partial charge on any atom is 0.134 e. The molecule has 54 valence electrons. The van der Waals surface area contributed by atoms with Crippen LogP contribution in [0, 0.1) is 0 Å². The standard InChI is InChI=1S/C6H4Br2O2/c7-4-1-3(9)2-5(10)6(4)8/h1-2,9-10H. The number of rotatable bonds is 0. The van der Waals surface area contributed by atoms with E-state index in [1.807, 2.05) is 0 Å². The van der Waals surface area contributed by atoms with Crippen LogP contribution in [0.2, 0.25) is 0 Å². The summed E-state index contributed by atoms with van der Waals surface area (Å²) in [4.78, 5) is 0. The molecular formula is C6H4Br2O2. The van der Waals surface area contributed by atoms with Crippen LogP contribution in [0.3, 0.4) is 0 Å². The van der Waals surface area contributed by atoms with Crippen LogP contribution in [0.5, 0.6) is 11.5 Å². The lowest BCUT2D eigenvalue weighted by Crippen LogP contribution is -1.71. The molecule has 0 aliphatic heterocycles. The van der Waals surface area contributed by atoms with Gasteiger partial charge >= 0.3 is 0 Å². The third-order valence-electron chi connectivity index (χ3n) is 0.994. The van der Waals surface area contributed by atoms with E-state index in [1.54, 1.807) is 0 Å². The Balaban J connectivity index is 3.31. The van der Waals surface area contributed by atoms with Gasteiger partial charge in [0.05, 0.1) is 4.47 Å². The molecule has 0 fully saturated rings. The van der Waals surface area contributed by atoms with E-state index in [2.05, 4.69) is 31.9 Å². The molecule has 0 amide bonds. The van der Waals surface area contributed by atoms with E-state index in [1.165, 1.54) is 12.1 Å². The SMILES string of the molecule is Oc1cc(O)c(Br)c(Br)c1. The van der Waals surface area contributed by atoms with Crippen LogP contribution in [0.4, 0.5) is 0 Å². The van der Waals surface area contributed by atoms with Gasteiger partial charge in [-0.2, -0.15) is 0 Å². The quantitative estimate of drug-likeness (QED) is 0.759. The number of aromatic hydroxyl groups is 2. The minimum atomic E-state index is 0.0203. The summed E-state index contributed by atoms with van der Waals surface area (Å²) in [6, 6.07) is 2.75. The normalized spacial score (nSPS) is 9.80. The topological polar surface area (TPSA) is 40.5 Å². The maximum absolute atomic E-state index is 9.04. The molecule has 0 radical (unpaired) electrons. The summed E-state index contributed by atoms with van der Waals surface area (Å²) in [6.45, 7) is 0. The molecule has 0 aliphatic carbocycles. The molecule has 2 N–H and O–H groups in total. The van der Waals surface area contributed by atoms with Crippen molar-refractivity contribution in [1.29, 1.82) is 0 Å². The molecule has 1 aromatic carbocycles. The highest BCUT2D eigenvalue weighted by atomic mass is 79.9. The molecule has 1 rings (SSSR count). The first-order valence-corrected chi connectivity index (χ1v) is 4.07. The predicted molar refractivity (Wildman–Crippen MR) is 45.2 cm³/mol. The molecule has 0 aromatic heterocycles. The van der Waals surface area contributed by atoms with Crippen LogP contribution in [0.25, 0.3) is 0 Å². The van der Waals surface area contributed by atoms with Crippen molar-refractivity contribution in [3.63, 3.8) is 0 Å². The van der Waals surface area contributed by atoms with E-state index in [9.17, 15) is 0 Å². The van der Waals surface area contributed by atoms with Crippen molar-refractivity contribution in [2.45, 2.75) is 0 Å². The van der Waals surface area contributed by atoms with Crippen LogP contribution in [-0.4, -0.2) is 10.2 Å². The van der Waals surface area contributed by atoms with E-state index in [0.717, 1.165) is 0 Å². The average molecular weight is 268 g/mol. The van der Waals surface area contributed by atoms with Gasteiger partial charge in [0, 0.05) is 10.5 Å². The summed E-state index contributed by atoms with van der Waals surface area (Å²) in [7, 11) is 0. The van der Waals surface area contributed by atoms with Crippen LogP contribution in [0.1, 0.15) is 0 Å². The van der Waals surface area contributed by atoms with Gasteiger partial charge in [-0.15, -0.1) is 0 Å². The predicted octanol–water partition coefficient (Wildman–Crippen LogP) is 2.62. The molecule has 0 saturated heterocycles. The van der Waals surface area contributed by atoms with Gasteiger partial charge < -0.3 is 10.2 Å². The van der Waals surface area contributed by atoms with Crippen LogP contribution in [-0.2, 0) is 0 Å². The van der Waals surface area contributed by atoms with Crippen molar-refractivity contribution in [3.8, 4) is 11.5 Å². The van der Waals surface area contributed by atoms with Gasteiger partial charge in [-0.3, -0.25) is 0 Å². The number of halogens is 2. The number of phenolic OH excluding ortho intramolecular Hbond substituents is 2. The number of hydrogen-bond donors (Lipinski definition) is 2. The highest BCUT2D eigenvalue weighted by Crippen LogP contribution is 2.35. The molecule has 10 heavy (non-hydrogen) atoms. The lowest BCUT2D eigenvalue weighted by molar-refractivity contribution is 0.447. The molecule has 0 bridgehead atoms. The minimum Gasteiger partial charge on any atom is -0.508 e. The number of benzene rings is 1. The zero-order valence-corrected chi connectivity index (χ0v) is 7.98. The Labute approximate surface area is 74.8 Å². The van der Waals surface area contributed by atoms with Gasteiger partial charge in [0.2, 0.25) is 0 Å². The molecule has 4 heteroatoms. The highest BCUT2D eigenvalue weighted by molar-refractivity contribution is 9.13. The second-order valence-corrected chi connectivity index (χ2v) is 3.41. The average Bonchev–Trinajstić information content (AvgIpc) is 1.82. The summed E-state index contributed by atoms with van der Waals surface area (Å²) >= 11 is 6.24. The molecule has 0 aliphatic rings. The van der Waals surface area contributed by atoms with Crippen molar-refractivity contribution in [2.24, 2.45) is 0 Å². The first kappa shape index (κ1) is 7.88. The Morgan fingerprint density at radius 2 is 1.70 bits per heavy atom. The molecule has 0 atom stereocenters. The second-order valence-electron chi connectivity index (χ2n) is 1.76. The third-order valence-corrected chi connectivity index (χ3v) is 2.98. The van der Waals surface area contributed by atoms with Gasteiger partial charge in [0.25, 0.3) is 0 Å². The monoisotopic (exact) mass is 266 g/mol. The van der Waals surface area contributed by atoms with Crippen molar-refractivity contribution in [2.75, 3.05) is 0 Å². The van der Waals surface area contributed by atoms with Crippen LogP contribution in [0.15, 0.2) is 21.1 Å². The van der Waals surface area contributed by atoms with Crippen molar-refractivity contribution >= 4 is 31.9 Å². The molecule has 0 saturated carbocycles. The highest BCUT2D eigenvalue weighted by Gasteiger charge is 2.03. The number of hydrogen-bond acceptors (Lipinski definition) is 2. The Bertz CT molecular complexity index is 237. The molecule has 2 nitrogen and oxygen atoms in total. The lowest BCUT2D eigenvalue weighted by Gasteiger charge is -1.99. The van der Waals surface area contributed by atoms with Gasteiger partial charge in [0.1, 0.15) is 11.5 Å².